The first-order chi connectivity index (χ1) is 11.2. The topological polar surface area (TPSA) is 77.8 Å². The van der Waals surface area contributed by atoms with Crippen molar-refractivity contribution in [1.82, 2.24) is 20.1 Å². The van der Waals surface area contributed by atoms with Gasteiger partial charge in [0.15, 0.2) is 5.82 Å². The normalized spacial score (nSPS) is 18.6. The summed E-state index contributed by atoms with van der Waals surface area (Å²) in [7, 11) is 1.66. The molecule has 0 spiro atoms. The van der Waals surface area contributed by atoms with Gasteiger partial charge in [-0.15, -0.1) is 0 Å². The van der Waals surface area contributed by atoms with Crippen molar-refractivity contribution in [1.29, 1.82) is 5.26 Å². The number of nitrogens with zero attached hydrogens (tertiary/aromatic N) is 4. The third-order valence-electron chi connectivity index (χ3n) is 4.31. The first-order valence-electron chi connectivity index (χ1n) is 7.91. The molecule has 3 rings (SSSR count). The fourth-order valence-electron chi connectivity index (χ4n) is 3.17. The van der Waals surface area contributed by atoms with E-state index in [4.69, 9.17) is 10.00 Å². The zero-order chi connectivity index (χ0) is 16.2. The van der Waals surface area contributed by atoms with E-state index in [1.54, 1.807) is 13.2 Å². The third-order valence-corrected chi connectivity index (χ3v) is 4.31. The molecule has 2 heterocycles. The van der Waals surface area contributed by atoms with Gasteiger partial charge in [-0.2, -0.15) is 10.4 Å². The van der Waals surface area contributed by atoms with Crippen LogP contribution >= 0.6 is 0 Å². The fourth-order valence-corrected chi connectivity index (χ4v) is 3.17. The van der Waals surface area contributed by atoms with Gasteiger partial charge in [0.1, 0.15) is 11.6 Å². The van der Waals surface area contributed by atoms with Gasteiger partial charge >= 0.3 is 0 Å². The van der Waals surface area contributed by atoms with Crippen LogP contribution in [0.25, 0.3) is 0 Å². The van der Waals surface area contributed by atoms with Crippen molar-refractivity contribution in [3.63, 3.8) is 0 Å². The number of aryl methyl sites for hydroxylation is 1. The average Bonchev–Trinajstić information content (AvgIpc) is 3.01. The summed E-state index contributed by atoms with van der Waals surface area (Å²) < 4.78 is 5.46. The molecular formula is C17H21N5O. The number of likely N-dealkylation sites (tertiary alicyclic amines) is 1. The van der Waals surface area contributed by atoms with E-state index < -0.39 is 0 Å². The smallest absolute Gasteiger partial charge is 0.167 e. The quantitative estimate of drug-likeness (QED) is 0.939. The molecule has 6 nitrogen and oxygen atoms in total. The lowest BCUT2D eigenvalue weighted by Gasteiger charge is -2.34. The van der Waals surface area contributed by atoms with E-state index in [0.29, 0.717) is 5.56 Å². The van der Waals surface area contributed by atoms with Gasteiger partial charge in [0.2, 0.25) is 0 Å². The van der Waals surface area contributed by atoms with Crippen molar-refractivity contribution >= 4 is 0 Å². The summed E-state index contributed by atoms with van der Waals surface area (Å²) in [5, 5.41) is 16.4. The highest BCUT2D eigenvalue weighted by Gasteiger charge is 2.27. The van der Waals surface area contributed by atoms with Crippen LogP contribution in [0.15, 0.2) is 18.2 Å². The maximum absolute atomic E-state index is 9.14. The standard InChI is InChI=1S/C17H21N5O/c1-12-19-17(21-20-12)15-5-3-4-8-22(15)11-14-9-13(10-18)6-7-16(14)23-2/h6-7,9,15H,3-5,8,11H2,1-2H3,(H,19,20,21)/t15-/m1/s1. The Labute approximate surface area is 136 Å². The number of H-pyrrole nitrogens is 1. The number of aromatic nitrogens is 3. The van der Waals surface area contributed by atoms with Crippen molar-refractivity contribution in [2.24, 2.45) is 0 Å². The van der Waals surface area contributed by atoms with Crippen LogP contribution in [0.1, 0.15) is 48.1 Å². The van der Waals surface area contributed by atoms with Crippen molar-refractivity contribution in [3.8, 4) is 11.8 Å². The Bertz CT molecular complexity index is 718. The molecule has 1 aromatic heterocycles. The molecule has 0 aliphatic carbocycles. The molecule has 1 aromatic carbocycles. The summed E-state index contributed by atoms with van der Waals surface area (Å²) >= 11 is 0. The lowest BCUT2D eigenvalue weighted by molar-refractivity contribution is 0.132. The van der Waals surface area contributed by atoms with E-state index in [9.17, 15) is 0 Å². The molecule has 120 valence electrons. The van der Waals surface area contributed by atoms with Gasteiger partial charge in [-0.1, -0.05) is 6.42 Å². The van der Waals surface area contributed by atoms with Gasteiger partial charge in [0, 0.05) is 12.1 Å². The van der Waals surface area contributed by atoms with E-state index in [2.05, 4.69) is 26.2 Å². The molecule has 0 unspecified atom stereocenters. The largest absolute Gasteiger partial charge is 0.496 e. The molecule has 6 heteroatoms. The van der Waals surface area contributed by atoms with Crippen LogP contribution in [0.2, 0.25) is 0 Å². The van der Waals surface area contributed by atoms with Crippen LogP contribution < -0.4 is 4.74 Å². The molecule has 1 aliphatic heterocycles. The Balaban J connectivity index is 1.86. The van der Waals surface area contributed by atoms with Crippen LogP contribution in [0.4, 0.5) is 0 Å². The van der Waals surface area contributed by atoms with Crippen LogP contribution in [-0.4, -0.2) is 33.7 Å². The Morgan fingerprint density at radius 3 is 3.00 bits per heavy atom. The molecule has 1 saturated heterocycles. The predicted molar refractivity (Wildman–Crippen MR) is 85.8 cm³/mol. The first-order valence-corrected chi connectivity index (χ1v) is 7.91. The highest BCUT2D eigenvalue weighted by molar-refractivity contribution is 5.42. The summed E-state index contributed by atoms with van der Waals surface area (Å²) in [6, 6.07) is 7.97. The van der Waals surface area contributed by atoms with Crippen molar-refractivity contribution < 1.29 is 4.74 Å². The summed E-state index contributed by atoms with van der Waals surface area (Å²) in [4.78, 5) is 6.89. The summed E-state index contributed by atoms with van der Waals surface area (Å²) in [6.07, 6.45) is 3.40. The van der Waals surface area contributed by atoms with Crippen molar-refractivity contribution in [2.45, 2.75) is 38.8 Å². The lowest BCUT2D eigenvalue weighted by atomic mass is 10.00. The third kappa shape index (κ3) is 3.35. The van der Waals surface area contributed by atoms with E-state index in [1.807, 2.05) is 19.1 Å². The van der Waals surface area contributed by atoms with E-state index in [-0.39, 0.29) is 6.04 Å². The van der Waals surface area contributed by atoms with Crippen LogP contribution in [0, 0.1) is 18.3 Å². The second kappa shape index (κ2) is 6.80. The number of piperidine rings is 1. The highest BCUT2D eigenvalue weighted by Crippen LogP contribution is 2.32. The minimum atomic E-state index is 0.212. The maximum Gasteiger partial charge on any atom is 0.167 e. The number of ether oxygens (including phenoxy) is 1. The van der Waals surface area contributed by atoms with Crippen molar-refractivity contribution in [3.05, 3.63) is 41.0 Å². The first kappa shape index (κ1) is 15.5. The second-order valence-corrected chi connectivity index (χ2v) is 5.90. The minimum absolute atomic E-state index is 0.212. The highest BCUT2D eigenvalue weighted by atomic mass is 16.5. The number of hydrogen-bond acceptors (Lipinski definition) is 5. The molecule has 1 atom stereocenters. The van der Waals surface area contributed by atoms with Gasteiger partial charge in [-0.3, -0.25) is 10.00 Å². The van der Waals surface area contributed by atoms with Gasteiger partial charge in [0.05, 0.1) is 24.8 Å². The predicted octanol–water partition coefficient (Wildman–Crippen LogP) is 2.72. The van der Waals surface area contributed by atoms with Crippen LogP contribution in [0.3, 0.4) is 0 Å². The summed E-state index contributed by atoms with van der Waals surface area (Å²) in [5.41, 5.74) is 1.69. The van der Waals surface area contributed by atoms with Gasteiger partial charge in [-0.25, -0.2) is 4.98 Å². The number of aromatic amines is 1. The number of nitriles is 1. The van der Waals surface area contributed by atoms with Gasteiger partial charge in [0.25, 0.3) is 0 Å². The molecule has 1 aliphatic rings. The molecule has 23 heavy (non-hydrogen) atoms. The van der Waals surface area contributed by atoms with E-state index in [1.165, 1.54) is 12.8 Å². The minimum Gasteiger partial charge on any atom is -0.496 e. The summed E-state index contributed by atoms with van der Waals surface area (Å²) in [5.74, 6) is 2.52. The number of hydrogen-bond donors (Lipinski definition) is 1. The molecule has 0 radical (unpaired) electrons. The van der Waals surface area contributed by atoms with Crippen LogP contribution in [0.5, 0.6) is 5.75 Å². The number of methoxy groups -OCH3 is 1. The Morgan fingerprint density at radius 2 is 2.30 bits per heavy atom. The molecule has 1 fully saturated rings. The van der Waals surface area contributed by atoms with Crippen LogP contribution in [-0.2, 0) is 6.54 Å². The number of rotatable bonds is 4. The van der Waals surface area contributed by atoms with E-state index in [0.717, 1.165) is 42.5 Å². The molecule has 0 amide bonds. The molecule has 2 aromatic rings. The van der Waals surface area contributed by atoms with Gasteiger partial charge in [-0.05, 0) is 44.5 Å². The van der Waals surface area contributed by atoms with Crippen molar-refractivity contribution in [2.75, 3.05) is 13.7 Å². The zero-order valence-corrected chi connectivity index (χ0v) is 13.5. The average molecular weight is 311 g/mol. The Morgan fingerprint density at radius 1 is 1.43 bits per heavy atom. The molecular weight excluding hydrogens is 290 g/mol. The molecule has 0 saturated carbocycles. The van der Waals surface area contributed by atoms with E-state index >= 15 is 0 Å². The lowest BCUT2D eigenvalue weighted by Crippen LogP contribution is -2.33. The fraction of sp³-hybridized carbons (Fsp3) is 0.471. The zero-order valence-electron chi connectivity index (χ0n) is 13.5. The molecule has 0 bridgehead atoms. The van der Waals surface area contributed by atoms with Gasteiger partial charge < -0.3 is 4.74 Å². The summed E-state index contributed by atoms with van der Waals surface area (Å²) in [6.45, 7) is 3.65. The Hall–Kier alpha value is -2.39. The number of benzene rings is 1. The SMILES string of the molecule is COc1ccc(C#N)cc1CN1CCCC[C@@H]1c1n[nH]c(C)n1. The molecule has 1 N–H and O–H groups in total. The monoisotopic (exact) mass is 311 g/mol. The maximum atomic E-state index is 9.14. The second-order valence-electron chi connectivity index (χ2n) is 5.90. The Kier molecular flexibility index (Phi) is 4.58. The number of nitrogens with one attached hydrogen (secondary N) is 1.